The summed E-state index contributed by atoms with van der Waals surface area (Å²) in [6.45, 7) is 1.80. The van der Waals surface area contributed by atoms with Crippen LogP contribution in [0.2, 0.25) is 0 Å². The molecule has 3 heteroatoms. The molecule has 2 aliphatic carbocycles. The molecular formula is C15H22N2O. The van der Waals surface area contributed by atoms with Crippen molar-refractivity contribution in [2.24, 2.45) is 11.7 Å². The molecule has 0 aromatic heterocycles. The fraction of sp³-hybridized carbons (Fsp3) is 0.600. The maximum atomic E-state index is 5.88. The molecule has 3 nitrogen and oxygen atoms in total. The number of nitrogens with two attached hydrogens (primary N) is 1. The zero-order valence-electron chi connectivity index (χ0n) is 11.1. The van der Waals surface area contributed by atoms with E-state index in [1.165, 1.54) is 43.5 Å². The summed E-state index contributed by atoms with van der Waals surface area (Å²) in [5, 5.41) is 0. The van der Waals surface area contributed by atoms with Crippen molar-refractivity contribution in [2.75, 3.05) is 18.6 Å². The van der Waals surface area contributed by atoms with Gasteiger partial charge in [-0.05, 0) is 43.2 Å². The first kappa shape index (κ1) is 11.8. The van der Waals surface area contributed by atoms with Gasteiger partial charge in [0.25, 0.3) is 0 Å². The minimum atomic E-state index is 0.604. The van der Waals surface area contributed by atoms with Crippen molar-refractivity contribution in [2.45, 2.75) is 38.3 Å². The first-order valence-electron chi connectivity index (χ1n) is 6.95. The number of nitrogens with zero attached hydrogens (tertiary/aromatic N) is 1. The number of methoxy groups -OCH3 is 1. The smallest absolute Gasteiger partial charge is 0.120 e. The monoisotopic (exact) mass is 246 g/mol. The SMILES string of the molecule is COc1ccc(CN)c(N(CC2CC2)C2CC2)c1. The molecule has 2 saturated carbocycles. The molecule has 2 fully saturated rings. The normalized spacial score (nSPS) is 18.8. The van der Waals surface area contributed by atoms with Crippen molar-refractivity contribution in [1.82, 2.24) is 0 Å². The quantitative estimate of drug-likeness (QED) is 0.838. The summed E-state index contributed by atoms with van der Waals surface area (Å²) in [4.78, 5) is 2.57. The van der Waals surface area contributed by atoms with Gasteiger partial charge in [-0.1, -0.05) is 6.07 Å². The van der Waals surface area contributed by atoms with Crippen LogP contribution >= 0.6 is 0 Å². The fourth-order valence-corrected chi connectivity index (χ4v) is 2.52. The molecular weight excluding hydrogens is 224 g/mol. The van der Waals surface area contributed by atoms with Gasteiger partial charge in [-0.3, -0.25) is 0 Å². The molecule has 0 unspecified atom stereocenters. The number of benzene rings is 1. The van der Waals surface area contributed by atoms with Crippen LogP contribution in [0.1, 0.15) is 31.2 Å². The van der Waals surface area contributed by atoms with E-state index >= 15 is 0 Å². The lowest BCUT2D eigenvalue weighted by atomic mass is 10.1. The van der Waals surface area contributed by atoms with Crippen LogP contribution in [0.5, 0.6) is 5.75 Å². The Labute approximate surface area is 109 Å². The Balaban J connectivity index is 1.89. The van der Waals surface area contributed by atoms with Crippen LogP contribution in [-0.4, -0.2) is 19.7 Å². The van der Waals surface area contributed by atoms with E-state index in [1.54, 1.807) is 7.11 Å². The second kappa shape index (κ2) is 4.81. The average molecular weight is 246 g/mol. The summed E-state index contributed by atoms with van der Waals surface area (Å²) >= 11 is 0. The number of anilines is 1. The molecule has 18 heavy (non-hydrogen) atoms. The number of hydrogen-bond donors (Lipinski definition) is 1. The highest BCUT2D eigenvalue weighted by atomic mass is 16.5. The Kier molecular flexibility index (Phi) is 3.16. The second-order valence-corrected chi connectivity index (χ2v) is 5.53. The van der Waals surface area contributed by atoms with E-state index in [0.717, 1.165) is 17.7 Å². The first-order chi connectivity index (χ1) is 8.81. The molecule has 3 rings (SSSR count). The fourth-order valence-electron chi connectivity index (χ4n) is 2.52. The van der Waals surface area contributed by atoms with Crippen molar-refractivity contribution in [3.8, 4) is 5.75 Å². The predicted octanol–water partition coefficient (Wildman–Crippen LogP) is 2.53. The molecule has 0 heterocycles. The Hall–Kier alpha value is -1.22. The lowest BCUT2D eigenvalue weighted by Crippen LogP contribution is -2.29. The lowest BCUT2D eigenvalue weighted by molar-refractivity contribution is 0.414. The second-order valence-electron chi connectivity index (χ2n) is 5.53. The molecule has 0 radical (unpaired) electrons. The summed E-state index contributed by atoms with van der Waals surface area (Å²) in [7, 11) is 1.73. The first-order valence-corrected chi connectivity index (χ1v) is 6.95. The molecule has 0 spiro atoms. The van der Waals surface area contributed by atoms with Gasteiger partial charge in [0.1, 0.15) is 5.75 Å². The van der Waals surface area contributed by atoms with Crippen molar-refractivity contribution < 1.29 is 4.74 Å². The summed E-state index contributed by atoms with van der Waals surface area (Å²) in [5.41, 5.74) is 8.42. The molecule has 0 atom stereocenters. The van der Waals surface area contributed by atoms with Gasteiger partial charge in [0.05, 0.1) is 7.11 Å². The number of hydrogen-bond acceptors (Lipinski definition) is 3. The van der Waals surface area contributed by atoms with Crippen LogP contribution in [0.4, 0.5) is 5.69 Å². The van der Waals surface area contributed by atoms with Gasteiger partial charge < -0.3 is 15.4 Å². The van der Waals surface area contributed by atoms with Crippen LogP contribution in [0.15, 0.2) is 18.2 Å². The largest absolute Gasteiger partial charge is 0.497 e. The van der Waals surface area contributed by atoms with Gasteiger partial charge in [0.2, 0.25) is 0 Å². The lowest BCUT2D eigenvalue weighted by Gasteiger charge is -2.27. The molecule has 98 valence electrons. The Morgan fingerprint density at radius 2 is 2.06 bits per heavy atom. The van der Waals surface area contributed by atoms with Crippen molar-refractivity contribution in [1.29, 1.82) is 0 Å². The van der Waals surface area contributed by atoms with E-state index in [0.29, 0.717) is 6.54 Å². The highest BCUT2D eigenvalue weighted by Gasteiger charge is 2.34. The van der Waals surface area contributed by atoms with E-state index in [9.17, 15) is 0 Å². The van der Waals surface area contributed by atoms with Crippen LogP contribution < -0.4 is 15.4 Å². The van der Waals surface area contributed by atoms with E-state index in [2.05, 4.69) is 17.0 Å². The molecule has 0 saturated heterocycles. The standard InChI is InChI=1S/C15H22N2O/c1-18-14-7-4-12(9-16)15(8-14)17(13-5-6-13)10-11-2-3-11/h4,7-8,11,13H,2-3,5-6,9-10,16H2,1H3. The Morgan fingerprint density at radius 1 is 1.28 bits per heavy atom. The third-order valence-electron chi connectivity index (χ3n) is 3.96. The summed E-state index contributed by atoms with van der Waals surface area (Å²) < 4.78 is 5.36. The van der Waals surface area contributed by atoms with Crippen molar-refractivity contribution >= 4 is 5.69 Å². The predicted molar refractivity (Wildman–Crippen MR) is 74.0 cm³/mol. The molecule has 0 bridgehead atoms. The zero-order valence-corrected chi connectivity index (χ0v) is 11.1. The van der Waals surface area contributed by atoms with Crippen LogP contribution in [0, 0.1) is 5.92 Å². The van der Waals surface area contributed by atoms with Gasteiger partial charge in [-0.25, -0.2) is 0 Å². The van der Waals surface area contributed by atoms with E-state index in [-0.39, 0.29) is 0 Å². The molecule has 1 aromatic carbocycles. The topological polar surface area (TPSA) is 38.5 Å². The van der Waals surface area contributed by atoms with Crippen LogP contribution in [0.25, 0.3) is 0 Å². The van der Waals surface area contributed by atoms with Gasteiger partial charge in [-0.2, -0.15) is 0 Å². The molecule has 0 amide bonds. The third kappa shape index (κ3) is 2.46. The maximum Gasteiger partial charge on any atom is 0.120 e. The number of ether oxygens (including phenoxy) is 1. The Bertz CT molecular complexity index is 425. The minimum absolute atomic E-state index is 0.604. The summed E-state index contributed by atoms with van der Waals surface area (Å²) in [5.74, 6) is 1.84. The van der Waals surface area contributed by atoms with E-state index in [4.69, 9.17) is 10.5 Å². The van der Waals surface area contributed by atoms with Gasteiger partial charge in [0.15, 0.2) is 0 Å². The summed E-state index contributed by atoms with van der Waals surface area (Å²) in [6.07, 6.45) is 5.44. The Morgan fingerprint density at radius 3 is 2.61 bits per heavy atom. The van der Waals surface area contributed by atoms with Crippen LogP contribution in [-0.2, 0) is 6.54 Å². The maximum absolute atomic E-state index is 5.88. The van der Waals surface area contributed by atoms with Crippen LogP contribution in [0.3, 0.4) is 0 Å². The van der Waals surface area contributed by atoms with Gasteiger partial charge in [0, 0.05) is 30.9 Å². The van der Waals surface area contributed by atoms with Crippen molar-refractivity contribution in [3.05, 3.63) is 23.8 Å². The minimum Gasteiger partial charge on any atom is -0.497 e. The molecule has 1 aromatic rings. The molecule has 2 aliphatic rings. The van der Waals surface area contributed by atoms with Gasteiger partial charge in [-0.15, -0.1) is 0 Å². The van der Waals surface area contributed by atoms with E-state index in [1.807, 2.05) is 6.07 Å². The van der Waals surface area contributed by atoms with Gasteiger partial charge >= 0.3 is 0 Å². The summed E-state index contributed by atoms with van der Waals surface area (Å²) in [6, 6.07) is 7.01. The average Bonchev–Trinajstić information content (AvgIpc) is 3.28. The molecule has 2 N–H and O–H groups in total. The highest BCUT2D eigenvalue weighted by Crippen LogP contribution is 2.39. The molecule has 0 aliphatic heterocycles. The number of rotatable bonds is 6. The van der Waals surface area contributed by atoms with E-state index < -0.39 is 0 Å². The highest BCUT2D eigenvalue weighted by molar-refractivity contribution is 5.59. The van der Waals surface area contributed by atoms with Crippen molar-refractivity contribution in [3.63, 3.8) is 0 Å². The third-order valence-corrected chi connectivity index (χ3v) is 3.96. The zero-order chi connectivity index (χ0) is 12.5.